The van der Waals surface area contributed by atoms with Crippen LogP contribution >= 0.6 is 0 Å². The molecule has 0 amide bonds. The zero-order valence-electron chi connectivity index (χ0n) is 11.0. The SMILES string of the molecule is CCCCN(CCS(=O)(=O)[O-])c1ccccc1.[Na+]. The van der Waals surface area contributed by atoms with Gasteiger partial charge in [-0.1, -0.05) is 31.5 Å². The van der Waals surface area contributed by atoms with Crippen LogP contribution in [0, 0.1) is 0 Å². The van der Waals surface area contributed by atoms with Gasteiger partial charge in [0.05, 0.1) is 15.9 Å². The Morgan fingerprint density at radius 3 is 2.28 bits per heavy atom. The smallest absolute Gasteiger partial charge is 0.748 e. The summed E-state index contributed by atoms with van der Waals surface area (Å²) >= 11 is 0. The van der Waals surface area contributed by atoms with Crippen molar-refractivity contribution < 1.29 is 42.5 Å². The van der Waals surface area contributed by atoms with E-state index in [2.05, 4.69) is 6.92 Å². The molecule has 1 rings (SSSR count). The van der Waals surface area contributed by atoms with Crippen LogP contribution < -0.4 is 34.5 Å². The molecule has 0 unspecified atom stereocenters. The van der Waals surface area contributed by atoms with E-state index in [4.69, 9.17) is 0 Å². The summed E-state index contributed by atoms with van der Waals surface area (Å²) in [5.41, 5.74) is 0.963. The van der Waals surface area contributed by atoms with E-state index < -0.39 is 10.1 Å². The Morgan fingerprint density at radius 1 is 1.17 bits per heavy atom. The van der Waals surface area contributed by atoms with Gasteiger partial charge >= 0.3 is 29.6 Å². The van der Waals surface area contributed by atoms with Crippen LogP contribution in [-0.4, -0.2) is 31.8 Å². The molecule has 4 nitrogen and oxygen atoms in total. The molecule has 0 aromatic heterocycles. The van der Waals surface area contributed by atoms with E-state index in [1.165, 1.54) is 0 Å². The molecule has 0 saturated heterocycles. The number of hydrogen-bond acceptors (Lipinski definition) is 4. The van der Waals surface area contributed by atoms with Crippen LogP contribution in [-0.2, 0) is 10.1 Å². The predicted octanol–water partition coefficient (Wildman–Crippen LogP) is -1.16. The molecule has 6 heteroatoms. The van der Waals surface area contributed by atoms with Crippen LogP contribution in [0.2, 0.25) is 0 Å². The van der Waals surface area contributed by atoms with Crippen molar-refractivity contribution in [2.75, 3.05) is 23.7 Å². The van der Waals surface area contributed by atoms with Crippen LogP contribution in [0.5, 0.6) is 0 Å². The van der Waals surface area contributed by atoms with Gasteiger partial charge in [0.1, 0.15) is 0 Å². The van der Waals surface area contributed by atoms with Crippen LogP contribution in [0.4, 0.5) is 5.69 Å². The van der Waals surface area contributed by atoms with E-state index in [1.54, 1.807) is 0 Å². The maximum absolute atomic E-state index is 10.7. The molecule has 1 aromatic carbocycles. The minimum Gasteiger partial charge on any atom is -0.748 e. The van der Waals surface area contributed by atoms with Gasteiger partial charge in [0, 0.05) is 18.8 Å². The number of hydrogen-bond donors (Lipinski definition) is 0. The fourth-order valence-electron chi connectivity index (χ4n) is 1.58. The first-order chi connectivity index (χ1) is 8.03. The summed E-state index contributed by atoms with van der Waals surface area (Å²) in [6.45, 7) is 3.11. The Hall–Kier alpha value is -0.0700. The van der Waals surface area contributed by atoms with Crippen molar-refractivity contribution in [2.45, 2.75) is 19.8 Å². The Kier molecular flexibility index (Phi) is 8.90. The molecule has 0 spiro atoms. The van der Waals surface area contributed by atoms with Crippen molar-refractivity contribution in [3.05, 3.63) is 30.3 Å². The molecule has 0 saturated carbocycles. The summed E-state index contributed by atoms with van der Waals surface area (Å²) in [6.07, 6.45) is 2.02. The zero-order valence-corrected chi connectivity index (χ0v) is 13.8. The molecule has 0 atom stereocenters. The molecule has 0 aliphatic carbocycles. The number of anilines is 1. The molecule has 0 fully saturated rings. The second kappa shape index (κ2) is 8.93. The van der Waals surface area contributed by atoms with E-state index >= 15 is 0 Å². The molecule has 0 heterocycles. The standard InChI is InChI=1S/C12H19NO3S.Na/c1-2-3-9-13(10-11-17(14,15)16)12-7-5-4-6-8-12;/h4-8H,2-3,9-11H2,1H3,(H,14,15,16);/q;+1/p-1. The van der Waals surface area contributed by atoms with Gasteiger partial charge in [-0.05, 0) is 18.6 Å². The number of nitrogens with zero attached hydrogens (tertiary/aromatic N) is 1. The van der Waals surface area contributed by atoms with Crippen LogP contribution in [0.3, 0.4) is 0 Å². The summed E-state index contributed by atoms with van der Waals surface area (Å²) in [6, 6.07) is 9.56. The van der Waals surface area contributed by atoms with Gasteiger partial charge in [-0.15, -0.1) is 0 Å². The van der Waals surface area contributed by atoms with Gasteiger partial charge in [0.15, 0.2) is 0 Å². The monoisotopic (exact) mass is 279 g/mol. The largest absolute Gasteiger partial charge is 1.00 e. The summed E-state index contributed by atoms with van der Waals surface area (Å²) < 4.78 is 32.0. The van der Waals surface area contributed by atoms with Gasteiger partial charge in [0.25, 0.3) is 0 Å². The first kappa shape index (κ1) is 17.9. The van der Waals surface area contributed by atoms with Crippen molar-refractivity contribution in [1.82, 2.24) is 0 Å². The summed E-state index contributed by atoms with van der Waals surface area (Å²) in [4.78, 5) is 1.94. The van der Waals surface area contributed by atoms with Crippen molar-refractivity contribution >= 4 is 15.8 Å². The van der Waals surface area contributed by atoms with E-state index in [9.17, 15) is 13.0 Å². The van der Waals surface area contributed by atoms with Crippen molar-refractivity contribution in [1.29, 1.82) is 0 Å². The molecule has 0 aliphatic heterocycles. The molecule has 0 bridgehead atoms. The van der Waals surface area contributed by atoms with Crippen LogP contribution in [0.15, 0.2) is 30.3 Å². The van der Waals surface area contributed by atoms with Crippen molar-refractivity contribution in [3.8, 4) is 0 Å². The third kappa shape index (κ3) is 7.38. The maximum Gasteiger partial charge on any atom is 1.00 e. The third-order valence-corrected chi connectivity index (χ3v) is 3.20. The first-order valence-electron chi connectivity index (χ1n) is 5.76. The van der Waals surface area contributed by atoms with Gasteiger partial charge in [-0.25, -0.2) is 8.42 Å². The zero-order chi connectivity index (χ0) is 12.7. The Balaban J connectivity index is 0.00000289. The van der Waals surface area contributed by atoms with Gasteiger partial charge in [-0.3, -0.25) is 0 Å². The first-order valence-corrected chi connectivity index (χ1v) is 7.34. The Labute approximate surface area is 131 Å². The third-order valence-electron chi connectivity index (χ3n) is 2.51. The van der Waals surface area contributed by atoms with Crippen LogP contribution in [0.25, 0.3) is 0 Å². The van der Waals surface area contributed by atoms with E-state index in [0.717, 1.165) is 25.1 Å². The predicted molar refractivity (Wildman–Crippen MR) is 68.1 cm³/mol. The van der Waals surface area contributed by atoms with Crippen molar-refractivity contribution in [3.63, 3.8) is 0 Å². The molecule has 1 aromatic rings. The number of benzene rings is 1. The molecule has 18 heavy (non-hydrogen) atoms. The quantitative estimate of drug-likeness (QED) is 0.467. The average Bonchev–Trinajstić information content (AvgIpc) is 2.29. The normalized spacial score (nSPS) is 10.8. The fraction of sp³-hybridized carbons (Fsp3) is 0.500. The van der Waals surface area contributed by atoms with Crippen molar-refractivity contribution in [2.24, 2.45) is 0 Å². The van der Waals surface area contributed by atoms with Gasteiger partial charge in [0.2, 0.25) is 0 Å². The molecular weight excluding hydrogens is 261 g/mol. The number of para-hydroxylation sites is 1. The summed E-state index contributed by atoms with van der Waals surface area (Å²) in [7, 11) is -4.14. The molecule has 96 valence electrons. The topological polar surface area (TPSA) is 60.4 Å². The average molecular weight is 279 g/mol. The van der Waals surface area contributed by atoms with E-state index in [-0.39, 0.29) is 41.9 Å². The van der Waals surface area contributed by atoms with Gasteiger partial charge < -0.3 is 9.45 Å². The maximum atomic E-state index is 10.7. The van der Waals surface area contributed by atoms with Crippen LogP contribution in [0.1, 0.15) is 19.8 Å². The number of rotatable bonds is 7. The van der Waals surface area contributed by atoms with Gasteiger partial charge in [-0.2, -0.15) is 0 Å². The fourth-order valence-corrected chi connectivity index (χ4v) is 2.02. The van der Waals surface area contributed by atoms with E-state index in [1.807, 2.05) is 35.2 Å². The van der Waals surface area contributed by atoms with E-state index in [0.29, 0.717) is 0 Å². The minimum absolute atomic E-state index is 0. The molecule has 0 N–H and O–H groups in total. The summed E-state index contributed by atoms with van der Waals surface area (Å²) in [5.74, 6) is -0.342. The second-order valence-electron chi connectivity index (χ2n) is 3.94. The Morgan fingerprint density at radius 2 is 1.78 bits per heavy atom. The summed E-state index contributed by atoms with van der Waals surface area (Å²) in [5, 5.41) is 0. The molecule has 0 aliphatic rings. The number of unbranched alkanes of at least 4 members (excludes halogenated alkanes) is 1. The molecule has 0 radical (unpaired) electrons. The Bertz CT molecular complexity index is 422. The minimum atomic E-state index is -4.14. The second-order valence-corrected chi connectivity index (χ2v) is 5.46. The molecular formula is C12H18NNaO3S.